The highest BCUT2D eigenvalue weighted by molar-refractivity contribution is 6.23. The molecule has 0 heteroatoms. The van der Waals surface area contributed by atoms with Gasteiger partial charge in [-0.05, 0) is 133 Å². The molecular formula is C54H34. The summed E-state index contributed by atoms with van der Waals surface area (Å²) in [6.07, 6.45) is 0. The van der Waals surface area contributed by atoms with Crippen molar-refractivity contribution in [2.24, 2.45) is 0 Å². The van der Waals surface area contributed by atoms with Gasteiger partial charge in [0.25, 0.3) is 0 Å². The molecule has 0 fully saturated rings. The van der Waals surface area contributed by atoms with Crippen LogP contribution in [0.15, 0.2) is 206 Å². The van der Waals surface area contributed by atoms with Crippen LogP contribution in [-0.4, -0.2) is 0 Å². The molecular weight excluding hydrogens is 649 g/mol. The molecule has 0 nitrogen and oxygen atoms in total. The average Bonchev–Trinajstić information content (AvgIpc) is 3.24. The minimum atomic E-state index is 1.22. The fraction of sp³-hybridized carbons (Fsp3) is 0. The van der Waals surface area contributed by atoms with Gasteiger partial charge in [0.1, 0.15) is 0 Å². The molecule has 0 bridgehead atoms. The van der Waals surface area contributed by atoms with Gasteiger partial charge in [0.15, 0.2) is 0 Å². The van der Waals surface area contributed by atoms with Gasteiger partial charge in [0, 0.05) is 0 Å². The van der Waals surface area contributed by atoms with E-state index in [2.05, 4.69) is 206 Å². The minimum absolute atomic E-state index is 1.22. The number of hydrogen-bond donors (Lipinski definition) is 0. The maximum Gasteiger partial charge on any atom is -0.00259 e. The molecule has 0 saturated carbocycles. The standard InChI is InChI=1S/C54H34/c1-2-14-38-31-40(25-23-35(38)11-1)39-16-9-17-43(32-39)53-49-20-7-8-21-50(49)54(44-28-29-48-41(33-44)26-24-37-13-4-6-19-46(37)48)52-34-42(27-30-51(52)53)47-22-10-15-36-12-3-5-18-45(36)47/h1-34H. The Kier molecular flexibility index (Phi) is 6.97. The number of hydrogen-bond acceptors (Lipinski definition) is 0. The summed E-state index contributed by atoms with van der Waals surface area (Å²) < 4.78 is 0. The Balaban J connectivity index is 1.20. The molecule has 0 amide bonds. The Morgan fingerprint density at radius 3 is 1.48 bits per heavy atom. The predicted octanol–water partition coefficient (Wildman–Crippen LogP) is 15.3. The van der Waals surface area contributed by atoms with E-state index in [1.54, 1.807) is 0 Å². The SMILES string of the molecule is c1cc(-c2ccc3ccccc3c2)cc(-c2c3ccccc3c(-c3ccc4c(ccc5ccccc54)c3)c3cc(-c4cccc5ccccc45)ccc23)c1. The Bertz CT molecular complexity index is 3270. The molecule has 0 N–H and O–H groups in total. The molecule has 11 aromatic carbocycles. The molecule has 0 aliphatic rings. The Morgan fingerprint density at radius 2 is 0.648 bits per heavy atom. The van der Waals surface area contributed by atoms with Gasteiger partial charge in [0.05, 0.1) is 0 Å². The summed E-state index contributed by atoms with van der Waals surface area (Å²) in [6, 6.07) is 76.3. The van der Waals surface area contributed by atoms with Crippen molar-refractivity contribution in [1.82, 2.24) is 0 Å². The van der Waals surface area contributed by atoms with Crippen LogP contribution < -0.4 is 0 Å². The molecule has 0 radical (unpaired) electrons. The fourth-order valence-corrected chi connectivity index (χ4v) is 8.84. The summed E-state index contributed by atoms with van der Waals surface area (Å²) >= 11 is 0. The second-order valence-corrected chi connectivity index (χ2v) is 14.4. The molecule has 0 heterocycles. The van der Waals surface area contributed by atoms with Crippen molar-refractivity contribution in [2.45, 2.75) is 0 Å². The highest BCUT2D eigenvalue weighted by Crippen LogP contribution is 2.46. The number of fused-ring (bicyclic) bond motifs is 7. The topological polar surface area (TPSA) is 0 Å². The van der Waals surface area contributed by atoms with Crippen molar-refractivity contribution in [3.63, 3.8) is 0 Å². The van der Waals surface area contributed by atoms with E-state index in [1.165, 1.54) is 109 Å². The van der Waals surface area contributed by atoms with E-state index in [-0.39, 0.29) is 0 Å². The summed E-state index contributed by atoms with van der Waals surface area (Å²) in [5.41, 5.74) is 9.89. The molecule has 0 atom stereocenters. The molecule has 250 valence electrons. The van der Waals surface area contributed by atoms with Gasteiger partial charge >= 0.3 is 0 Å². The monoisotopic (exact) mass is 682 g/mol. The first-order valence-corrected chi connectivity index (χ1v) is 18.7. The molecule has 54 heavy (non-hydrogen) atoms. The van der Waals surface area contributed by atoms with Crippen LogP contribution in [0.1, 0.15) is 0 Å². The van der Waals surface area contributed by atoms with Crippen LogP contribution in [0.25, 0.3) is 109 Å². The zero-order valence-electron chi connectivity index (χ0n) is 29.6. The number of rotatable bonds is 4. The van der Waals surface area contributed by atoms with Gasteiger partial charge in [0.2, 0.25) is 0 Å². The third-order valence-electron chi connectivity index (χ3n) is 11.4. The first-order valence-electron chi connectivity index (χ1n) is 18.7. The molecule has 0 spiro atoms. The van der Waals surface area contributed by atoms with E-state index in [9.17, 15) is 0 Å². The lowest BCUT2D eigenvalue weighted by molar-refractivity contribution is 1.62. The van der Waals surface area contributed by atoms with Gasteiger partial charge in [-0.15, -0.1) is 0 Å². The average molecular weight is 683 g/mol. The van der Waals surface area contributed by atoms with Crippen molar-refractivity contribution in [1.29, 1.82) is 0 Å². The van der Waals surface area contributed by atoms with Gasteiger partial charge in [-0.2, -0.15) is 0 Å². The minimum Gasteiger partial charge on any atom is -0.0616 e. The van der Waals surface area contributed by atoms with E-state index in [0.29, 0.717) is 0 Å². The Morgan fingerprint density at radius 1 is 0.185 bits per heavy atom. The van der Waals surface area contributed by atoms with Crippen LogP contribution in [0.3, 0.4) is 0 Å². The normalized spacial score (nSPS) is 11.7. The second-order valence-electron chi connectivity index (χ2n) is 14.4. The predicted molar refractivity (Wildman–Crippen MR) is 233 cm³/mol. The van der Waals surface area contributed by atoms with E-state index in [1.807, 2.05) is 0 Å². The van der Waals surface area contributed by atoms with Crippen LogP contribution in [-0.2, 0) is 0 Å². The summed E-state index contributed by atoms with van der Waals surface area (Å²) in [6.45, 7) is 0. The van der Waals surface area contributed by atoms with Crippen molar-refractivity contribution < 1.29 is 0 Å². The molecule has 0 aliphatic heterocycles. The highest BCUT2D eigenvalue weighted by atomic mass is 14.2. The highest BCUT2D eigenvalue weighted by Gasteiger charge is 2.19. The van der Waals surface area contributed by atoms with Crippen LogP contribution in [0.5, 0.6) is 0 Å². The summed E-state index contributed by atoms with van der Waals surface area (Å²) in [4.78, 5) is 0. The van der Waals surface area contributed by atoms with E-state index in [4.69, 9.17) is 0 Å². The summed E-state index contributed by atoms with van der Waals surface area (Å²) in [5, 5.41) is 15.1. The third kappa shape index (κ3) is 4.92. The first kappa shape index (κ1) is 30.6. The Labute approximate surface area is 314 Å². The van der Waals surface area contributed by atoms with E-state index < -0.39 is 0 Å². The first-order chi connectivity index (χ1) is 26.8. The van der Waals surface area contributed by atoms with Crippen molar-refractivity contribution in [3.05, 3.63) is 206 Å². The van der Waals surface area contributed by atoms with Gasteiger partial charge in [-0.1, -0.05) is 182 Å². The van der Waals surface area contributed by atoms with Gasteiger partial charge in [-0.3, -0.25) is 0 Å². The van der Waals surface area contributed by atoms with Crippen molar-refractivity contribution >= 4 is 64.6 Å². The van der Waals surface area contributed by atoms with Crippen LogP contribution >= 0.6 is 0 Å². The summed E-state index contributed by atoms with van der Waals surface area (Å²) in [7, 11) is 0. The third-order valence-corrected chi connectivity index (χ3v) is 11.4. The van der Waals surface area contributed by atoms with Crippen molar-refractivity contribution in [3.8, 4) is 44.5 Å². The zero-order chi connectivity index (χ0) is 35.6. The van der Waals surface area contributed by atoms with Crippen molar-refractivity contribution in [2.75, 3.05) is 0 Å². The fourth-order valence-electron chi connectivity index (χ4n) is 8.84. The molecule has 0 aliphatic carbocycles. The molecule has 0 aromatic heterocycles. The molecule has 0 saturated heterocycles. The van der Waals surface area contributed by atoms with Crippen LogP contribution in [0.4, 0.5) is 0 Å². The smallest absolute Gasteiger partial charge is 0.00259 e. The quantitative estimate of drug-likeness (QED) is 0.128. The second kappa shape index (κ2) is 12.3. The lowest BCUT2D eigenvalue weighted by Crippen LogP contribution is -1.93. The summed E-state index contributed by atoms with van der Waals surface area (Å²) in [5.74, 6) is 0. The number of benzene rings is 11. The lowest BCUT2D eigenvalue weighted by Gasteiger charge is -2.20. The largest absolute Gasteiger partial charge is 0.0616 e. The van der Waals surface area contributed by atoms with Crippen LogP contribution in [0, 0.1) is 0 Å². The maximum atomic E-state index is 2.44. The molecule has 11 aromatic rings. The van der Waals surface area contributed by atoms with E-state index >= 15 is 0 Å². The maximum absolute atomic E-state index is 2.44. The zero-order valence-corrected chi connectivity index (χ0v) is 29.6. The lowest BCUT2D eigenvalue weighted by atomic mass is 9.83. The van der Waals surface area contributed by atoms with Gasteiger partial charge in [-0.25, -0.2) is 0 Å². The molecule has 11 rings (SSSR count). The van der Waals surface area contributed by atoms with Gasteiger partial charge < -0.3 is 0 Å². The Hall–Kier alpha value is -7.02. The van der Waals surface area contributed by atoms with E-state index in [0.717, 1.165) is 0 Å². The van der Waals surface area contributed by atoms with Crippen LogP contribution in [0.2, 0.25) is 0 Å². The molecule has 0 unspecified atom stereocenters.